The number of methoxy groups -OCH3 is 2. The van der Waals surface area contributed by atoms with E-state index in [-0.39, 0.29) is 5.97 Å². The van der Waals surface area contributed by atoms with Crippen LogP contribution < -0.4 is 9.47 Å². The third-order valence-electron chi connectivity index (χ3n) is 4.85. The molecule has 4 rings (SSSR count). The molecule has 4 heteroatoms. The minimum Gasteiger partial charge on any atom is -0.496 e. The Kier molecular flexibility index (Phi) is 3.42. The third-order valence-corrected chi connectivity index (χ3v) is 4.85. The first-order valence-electron chi connectivity index (χ1n) is 8.07. The number of ether oxygens (including phenoxy) is 3. The van der Waals surface area contributed by atoms with E-state index in [1.165, 1.54) is 0 Å². The van der Waals surface area contributed by atoms with Gasteiger partial charge in [-0.15, -0.1) is 0 Å². The SMILES string of the molecule is COc1cc([C@]2(C)OC(=O)c3ccccc32)c(OC)c2ccccc12. The van der Waals surface area contributed by atoms with Crippen molar-refractivity contribution < 1.29 is 19.0 Å². The smallest absolute Gasteiger partial charge is 0.339 e. The van der Waals surface area contributed by atoms with Crippen molar-refractivity contribution >= 4 is 16.7 Å². The number of carbonyl (C=O) groups is 1. The van der Waals surface area contributed by atoms with Gasteiger partial charge in [-0.2, -0.15) is 0 Å². The van der Waals surface area contributed by atoms with Gasteiger partial charge in [-0.1, -0.05) is 42.5 Å². The lowest BCUT2D eigenvalue weighted by molar-refractivity contribution is 0.0173. The molecule has 0 spiro atoms. The highest BCUT2D eigenvalue weighted by molar-refractivity contribution is 5.98. The van der Waals surface area contributed by atoms with Gasteiger partial charge in [0.2, 0.25) is 0 Å². The van der Waals surface area contributed by atoms with Crippen molar-refractivity contribution in [3.05, 3.63) is 71.3 Å². The second-order valence-corrected chi connectivity index (χ2v) is 6.17. The highest BCUT2D eigenvalue weighted by Crippen LogP contribution is 2.49. The summed E-state index contributed by atoms with van der Waals surface area (Å²) in [5.41, 5.74) is 1.25. The van der Waals surface area contributed by atoms with E-state index in [4.69, 9.17) is 14.2 Å². The molecule has 0 aromatic heterocycles. The van der Waals surface area contributed by atoms with E-state index in [1.807, 2.05) is 55.5 Å². The molecule has 3 aromatic rings. The predicted octanol–water partition coefficient (Wildman–Crippen LogP) is 4.29. The van der Waals surface area contributed by atoms with Crippen LogP contribution in [0.3, 0.4) is 0 Å². The van der Waals surface area contributed by atoms with E-state index in [9.17, 15) is 4.79 Å². The third kappa shape index (κ3) is 2.10. The first kappa shape index (κ1) is 15.5. The van der Waals surface area contributed by atoms with Crippen molar-refractivity contribution in [3.63, 3.8) is 0 Å². The Hall–Kier alpha value is -3.01. The molecule has 126 valence electrons. The Balaban J connectivity index is 2.07. The van der Waals surface area contributed by atoms with Crippen LogP contribution in [0.4, 0.5) is 0 Å². The average Bonchev–Trinajstić information content (AvgIpc) is 2.92. The molecule has 0 bridgehead atoms. The van der Waals surface area contributed by atoms with Gasteiger partial charge in [0.25, 0.3) is 0 Å². The van der Waals surface area contributed by atoms with Crippen molar-refractivity contribution in [2.75, 3.05) is 14.2 Å². The first-order valence-corrected chi connectivity index (χ1v) is 8.07. The van der Waals surface area contributed by atoms with Gasteiger partial charge < -0.3 is 14.2 Å². The van der Waals surface area contributed by atoms with Crippen LogP contribution in [0.2, 0.25) is 0 Å². The van der Waals surface area contributed by atoms with Crippen LogP contribution in [-0.4, -0.2) is 20.2 Å². The van der Waals surface area contributed by atoms with E-state index in [1.54, 1.807) is 20.3 Å². The summed E-state index contributed by atoms with van der Waals surface area (Å²) in [7, 11) is 3.26. The zero-order valence-corrected chi connectivity index (χ0v) is 14.3. The summed E-state index contributed by atoms with van der Waals surface area (Å²) in [5, 5.41) is 1.87. The molecule has 1 aliphatic heterocycles. The fraction of sp³-hybridized carbons (Fsp3) is 0.190. The van der Waals surface area contributed by atoms with Crippen LogP contribution >= 0.6 is 0 Å². The van der Waals surface area contributed by atoms with Gasteiger partial charge in [0.15, 0.2) is 5.60 Å². The second kappa shape index (κ2) is 5.52. The summed E-state index contributed by atoms with van der Waals surface area (Å²) in [6.45, 7) is 1.89. The highest BCUT2D eigenvalue weighted by atomic mass is 16.6. The van der Waals surface area contributed by atoms with Gasteiger partial charge in [0, 0.05) is 21.9 Å². The van der Waals surface area contributed by atoms with Crippen LogP contribution in [0, 0.1) is 0 Å². The average molecular weight is 334 g/mol. The van der Waals surface area contributed by atoms with Gasteiger partial charge >= 0.3 is 5.97 Å². The largest absolute Gasteiger partial charge is 0.496 e. The van der Waals surface area contributed by atoms with E-state index < -0.39 is 5.60 Å². The maximum atomic E-state index is 12.4. The van der Waals surface area contributed by atoms with Gasteiger partial charge in [-0.3, -0.25) is 0 Å². The van der Waals surface area contributed by atoms with E-state index in [0.29, 0.717) is 17.1 Å². The number of rotatable bonds is 3. The van der Waals surface area contributed by atoms with Crippen LogP contribution in [-0.2, 0) is 10.3 Å². The number of hydrogen-bond acceptors (Lipinski definition) is 4. The minimum absolute atomic E-state index is 0.327. The minimum atomic E-state index is -0.934. The van der Waals surface area contributed by atoms with Crippen molar-refractivity contribution in [1.82, 2.24) is 0 Å². The number of cyclic esters (lactones) is 1. The summed E-state index contributed by atoms with van der Waals surface area (Å²) in [6, 6.07) is 17.2. The maximum Gasteiger partial charge on any atom is 0.339 e. The monoisotopic (exact) mass is 334 g/mol. The first-order chi connectivity index (χ1) is 12.1. The molecule has 0 saturated carbocycles. The topological polar surface area (TPSA) is 44.8 Å². The normalized spacial score (nSPS) is 18.8. The zero-order chi connectivity index (χ0) is 17.6. The molecule has 3 aromatic carbocycles. The Labute approximate surface area is 145 Å². The quantitative estimate of drug-likeness (QED) is 0.670. The molecule has 1 aliphatic rings. The molecule has 0 saturated heterocycles. The maximum absolute atomic E-state index is 12.4. The zero-order valence-electron chi connectivity index (χ0n) is 14.3. The van der Waals surface area contributed by atoms with Crippen molar-refractivity contribution in [2.24, 2.45) is 0 Å². The van der Waals surface area contributed by atoms with Crippen molar-refractivity contribution in [2.45, 2.75) is 12.5 Å². The van der Waals surface area contributed by atoms with Gasteiger partial charge in [0.05, 0.1) is 19.8 Å². The highest BCUT2D eigenvalue weighted by Gasteiger charge is 2.45. The van der Waals surface area contributed by atoms with E-state index in [2.05, 4.69) is 0 Å². The van der Waals surface area contributed by atoms with Crippen LogP contribution in [0.15, 0.2) is 54.6 Å². The molecule has 1 atom stereocenters. The van der Waals surface area contributed by atoms with E-state index in [0.717, 1.165) is 21.9 Å². The lowest BCUT2D eigenvalue weighted by atomic mass is 9.85. The fourth-order valence-corrected chi connectivity index (χ4v) is 3.63. The molecule has 0 fully saturated rings. The molecule has 25 heavy (non-hydrogen) atoms. The van der Waals surface area contributed by atoms with Gasteiger partial charge in [-0.05, 0) is 19.1 Å². The number of carbonyl (C=O) groups excluding carboxylic acids is 1. The molecule has 0 unspecified atom stereocenters. The van der Waals surface area contributed by atoms with Crippen molar-refractivity contribution in [3.8, 4) is 11.5 Å². The Bertz CT molecular complexity index is 992. The lowest BCUT2D eigenvalue weighted by Crippen LogP contribution is -2.24. The Morgan fingerprint density at radius 1 is 0.880 bits per heavy atom. The summed E-state index contributed by atoms with van der Waals surface area (Å²) >= 11 is 0. The van der Waals surface area contributed by atoms with E-state index >= 15 is 0 Å². The van der Waals surface area contributed by atoms with Crippen LogP contribution in [0.5, 0.6) is 11.5 Å². The molecule has 0 N–H and O–H groups in total. The molecule has 0 amide bonds. The number of hydrogen-bond donors (Lipinski definition) is 0. The molecular formula is C21H18O4. The Morgan fingerprint density at radius 3 is 2.28 bits per heavy atom. The summed E-state index contributed by atoms with van der Waals surface area (Å²) in [6.07, 6.45) is 0. The van der Waals surface area contributed by atoms with Crippen LogP contribution in [0.1, 0.15) is 28.4 Å². The van der Waals surface area contributed by atoms with Crippen molar-refractivity contribution in [1.29, 1.82) is 0 Å². The van der Waals surface area contributed by atoms with Gasteiger partial charge in [-0.25, -0.2) is 4.79 Å². The molecule has 4 nitrogen and oxygen atoms in total. The fourth-order valence-electron chi connectivity index (χ4n) is 3.63. The molecule has 0 radical (unpaired) electrons. The predicted molar refractivity (Wildman–Crippen MR) is 95.4 cm³/mol. The lowest BCUT2D eigenvalue weighted by Gasteiger charge is -2.28. The molecular weight excluding hydrogens is 316 g/mol. The summed E-state index contributed by atoms with van der Waals surface area (Å²) in [5.74, 6) is 1.07. The second-order valence-electron chi connectivity index (χ2n) is 6.17. The Morgan fingerprint density at radius 2 is 1.56 bits per heavy atom. The molecule has 0 aliphatic carbocycles. The van der Waals surface area contributed by atoms with Crippen LogP contribution in [0.25, 0.3) is 10.8 Å². The summed E-state index contributed by atoms with van der Waals surface area (Å²) < 4.78 is 17.2. The standard InChI is InChI=1S/C21H18O4/c1-21(16-11-7-6-10-15(16)20(22)25-21)17-12-18(23-2)13-8-4-5-9-14(13)19(17)24-3/h4-12H,1-3H3/t21-/m1/s1. The molecule has 1 heterocycles. The number of fused-ring (bicyclic) bond motifs is 2. The number of esters is 1. The number of benzene rings is 3. The summed E-state index contributed by atoms with van der Waals surface area (Å²) in [4.78, 5) is 12.4. The van der Waals surface area contributed by atoms with Gasteiger partial charge in [0.1, 0.15) is 11.5 Å².